The monoisotopic (exact) mass is 327 g/mol. The molecule has 0 saturated carbocycles. The van der Waals surface area contributed by atoms with E-state index in [1.54, 1.807) is 31.3 Å². The Hall–Kier alpha value is -3.16. The number of nitrogens with zero attached hydrogens (tertiary/aromatic N) is 2. The molecular weight excluding hydrogens is 310 g/mol. The topological polar surface area (TPSA) is 123 Å². The summed E-state index contributed by atoms with van der Waals surface area (Å²) in [5, 5.41) is 6.73. The molecule has 1 aliphatic rings. The number of nitrogens with two attached hydrogens (primary N) is 1. The van der Waals surface area contributed by atoms with Crippen LogP contribution in [0.4, 0.5) is 10.6 Å². The highest BCUT2D eigenvalue weighted by atomic mass is 16.4. The molecule has 3 amide bonds. The van der Waals surface area contributed by atoms with Crippen LogP contribution in [0, 0.1) is 6.92 Å². The number of hydrazone groups is 1. The number of hydrogen-bond acceptors (Lipinski definition) is 5. The van der Waals surface area contributed by atoms with Gasteiger partial charge >= 0.3 is 6.03 Å². The molecule has 3 rings (SSSR count). The lowest BCUT2D eigenvalue weighted by molar-refractivity contribution is 0.0993. The number of hydrogen-bond donors (Lipinski definition) is 3. The molecule has 0 fully saturated rings. The molecule has 0 unspecified atom stereocenters. The molecule has 0 aliphatic heterocycles. The highest BCUT2D eigenvalue weighted by Gasteiger charge is 2.28. The van der Waals surface area contributed by atoms with Crippen LogP contribution in [0.15, 0.2) is 33.9 Å². The second-order valence-electron chi connectivity index (χ2n) is 5.41. The second-order valence-corrected chi connectivity index (χ2v) is 5.41. The van der Waals surface area contributed by atoms with Crippen molar-refractivity contribution in [2.75, 3.05) is 5.32 Å². The Morgan fingerprint density at radius 3 is 2.88 bits per heavy atom. The molecule has 0 saturated heterocycles. The Labute approximate surface area is 138 Å². The molecule has 0 bridgehead atoms. The number of urea groups is 1. The van der Waals surface area contributed by atoms with Crippen LogP contribution in [0.2, 0.25) is 0 Å². The van der Waals surface area contributed by atoms with Gasteiger partial charge in [-0.1, -0.05) is 6.07 Å². The molecular formula is C16H17N5O3. The average molecular weight is 327 g/mol. The van der Waals surface area contributed by atoms with E-state index >= 15 is 0 Å². The van der Waals surface area contributed by atoms with E-state index < -0.39 is 6.03 Å². The summed E-state index contributed by atoms with van der Waals surface area (Å²) in [5.41, 5.74) is 9.40. The van der Waals surface area contributed by atoms with Crippen molar-refractivity contribution in [1.29, 1.82) is 0 Å². The summed E-state index contributed by atoms with van der Waals surface area (Å²) >= 11 is 0. The van der Waals surface area contributed by atoms with E-state index in [0.717, 1.165) is 12.0 Å². The molecule has 24 heavy (non-hydrogen) atoms. The van der Waals surface area contributed by atoms with Gasteiger partial charge in [-0.25, -0.2) is 15.2 Å². The number of rotatable bonds is 3. The fourth-order valence-electron chi connectivity index (χ4n) is 2.73. The summed E-state index contributed by atoms with van der Waals surface area (Å²) in [5.74, 6) is 0.984. The number of primary amides is 1. The summed E-state index contributed by atoms with van der Waals surface area (Å²) in [6.07, 6.45) is 3.80. The zero-order valence-electron chi connectivity index (χ0n) is 13.1. The number of aromatic nitrogens is 1. The van der Waals surface area contributed by atoms with E-state index in [9.17, 15) is 9.59 Å². The van der Waals surface area contributed by atoms with E-state index in [1.807, 2.05) is 0 Å². The zero-order chi connectivity index (χ0) is 17.1. The van der Waals surface area contributed by atoms with Crippen molar-refractivity contribution in [2.45, 2.75) is 26.2 Å². The van der Waals surface area contributed by atoms with Crippen LogP contribution < -0.4 is 16.5 Å². The number of pyridine rings is 1. The highest BCUT2D eigenvalue weighted by Crippen LogP contribution is 2.30. The number of carbonyl (C=O) groups excluding carboxylic acids is 2. The smallest absolute Gasteiger partial charge is 0.332 e. The summed E-state index contributed by atoms with van der Waals surface area (Å²) in [6, 6.07) is 4.51. The lowest BCUT2D eigenvalue weighted by Crippen LogP contribution is -2.27. The number of anilines is 1. The van der Waals surface area contributed by atoms with Crippen LogP contribution in [-0.4, -0.2) is 22.6 Å². The quantitative estimate of drug-likeness (QED) is 0.745. The van der Waals surface area contributed by atoms with Crippen molar-refractivity contribution in [2.24, 2.45) is 10.8 Å². The zero-order valence-corrected chi connectivity index (χ0v) is 13.1. The predicted molar refractivity (Wildman–Crippen MR) is 87.8 cm³/mol. The molecule has 0 atom stereocenters. The minimum atomic E-state index is -0.733. The van der Waals surface area contributed by atoms with Crippen LogP contribution in [-0.2, 0) is 6.42 Å². The minimum Gasteiger partial charge on any atom is -0.455 e. The summed E-state index contributed by atoms with van der Waals surface area (Å²) in [6.45, 7) is 1.79. The fourth-order valence-corrected chi connectivity index (χ4v) is 2.73. The summed E-state index contributed by atoms with van der Waals surface area (Å²) < 4.78 is 5.74. The standard InChI is InChI=1S/C16H17N5O3/c1-9-13-10(20-21-16(17)23)5-4-6-11(13)24-14(9)15(22)19-12-7-2-3-8-18-12/h2-3,7-8H,4-6H2,1H3,(H3,17,21,23)(H,18,19,22)/b20-10+. The van der Waals surface area contributed by atoms with Crippen molar-refractivity contribution in [3.05, 3.63) is 47.0 Å². The molecule has 2 aromatic heterocycles. The Kier molecular flexibility index (Phi) is 4.28. The molecule has 4 N–H and O–H groups in total. The van der Waals surface area contributed by atoms with E-state index in [1.165, 1.54) is 0 Å². The number of furan rings is 1. The van der Waals surface area contributed by atoms with Crippen LogP contribution in [0.25, 0.3) is 0 Å². The molecule has 124 valence electrons. The van der Waals surface area contributed by atoms with Crippen molar-refractivity contribution in [3.8, 4) is 0 Å². The van der Waals surface area contributed by atoms with Gasteiger partial charge in [-0.15, -0.1) is 0 Å². The van der Waals surface area contributed by atoms with Gasteiger partial charge in [0, 0.05) is 23.7 Å². The third-order valence-electron chi connectivity index (χ3n) is 3.74. The predicted octanol–water partition coefficient (Wildman–Crippen LogP) is 1.94. The number of carbonyl (C=O) groups is 2. The third-order valence-corrected chi connectivity index (χ3v) is 3.74. The first-order valence-corrected chi connectivity index (χ1v) is 7.53. The maximum atomic E-state index is 12.5. The Morgan fingerprint density at radius 1 is 1.33 bits per heavy atom. The van der Waals surface area contributed by atoms with Crippen molar-refractivity contribution < 1.29 is 14.0 Å². The van der Waals surface area contributed by atoms with Gasteiger partial charge in [0.1, 0.15) is 11.6 Å². The summed E-state index contributed by atoms with van der Waals surface area (Å²) in [4.78, 5) is 27.4. The maximum Gasteiger partial charge on any atom is 0.332 e. The first-order valence-electron chi connectivity index (χ1n) is 7.53. The molecule has 0 radical (unpaired) electrons. The van der Waals surface area contributed by atoms with Crippen LogP contribution in [0.3, 0.4) is 0 Å². The normalized spacial score (nSPS) is 15.0. The first kappa shape index (κ1) is 15.7. The molecule has 2 heterocycles. The number of aryl methyl sites for hydroxylation is 1. The van der Waals surface area contributed by atoms with Crippen LogP contribution in [0.1, 0.15) is 40.3 Å². The maximum absolute atomic E-state index is 12.5. The molecule has 0 aromatic carbocycles. The van der Waals surface area contributed by atoms with Gasteiger partial charge in [-0.2, -0.15) is 5.10 Å². The van der Waals surface area contributed by atoms with Gasteiger partial charge in [0.2, 0.25) is 0 Å². The molecule has 8 nitrogen and oxygen atoms in total. The van der Waals surface area contributed by atoms with Gasteiger partial charge < -0.3 is 15.5 Å². The van der Waals surface area contributed by atoms with E-state index in [-0.39, 0.29) is 11.7 Å². The van der Waals surface area contributed by atoms with Crippen LogP contribution in [0.5, 0.6) is 0 Å². The molecule has 0 spiro atoms. The van der Waals surface area contributed by atoms with Crippen molar-refractivity contribution in [3.63, 3.8) is 0 Å². The largest absolute Gasteiger partial charge is 0.455 e. The Balaban J connectivity index is 1.90. The van der Waals surface area contributed by atoms with Gasteiger partial charge in [-0.3, -0.25) is 4.79 Å². The van der Waals surface area contributed by atoms with Crippen LogP contribution >= 0.6 is 0 Å². The van der Waals surface area contributed by atoms with Gasteiger partial charge in [-0.05, 0) is 31.9 Å². The van der Waals surface area contributed by atoms with Gasteiger partial charge in [0.05, 0.1) is 5.71 Å². The first-order chi connectivity index (χ1) is 11.6. The number of amides is 3. The lowest BCUT2D eigenvalue weighted by Gasteiger charge is -2.13. The molecule has 1 aliphatic carbocycles. The fraction of sp³-hybridized carbons (Fsp3) is 0.250. The minimum absolute atomic E-state index is 0.222. The van der Waals surface area contributed by atoms with E-state index in [2.05, 4.69) is 20.8 Å². The number of fused-ring (bicyclic) bond motifs is 1. The highest BCUT2D eigenvalue weighted by molar-refractivity contribution is 6.09. The molecule has 2 aromatic rings. The van der Waals surface area contributed by atoms with Crippen molar-refractivity contribution in [1.82, 2.24) is 10.4 Å². The average Bonchev–Trinajstić information content (AvgIpc) is 2.91. The van der Waals surface area contributed by atoms with Crippen molar-refractivity contribution >= 4 is 23.5 Å². The second kappa shape index (κ2) is 6.53. The van der Waals surface area contributed by atoms with Gasteiger partial charge in [0.15, 0.2) is 5.76 Å². The Bertz CT molecular complexity index is 811. The van der Waals surface area contributed by atoms with E-state index in [0.29, 0.717) is 35.7 Å². The van der Waals surface area contributed by atoms with E-state index in [4.69, 9.17) is 10.2 Å². The Morgan fingerprint density at radius 2 is 2.17 bits per heavy atom. The SMILES string of the molecule is Cc1c(C(=O)Nc2ccccn2)oc2c1/C(=N/NC(N)=O)CCC2. The van der Waals surface area contributed by atoms with Gasteiger partial charge in [0.25, 0.3) is 5.91 Å². The molecule has 8 heteroatoms. The summed E-state index contributed by atoms with van der Waals surface area (Å²) in [7, 11) is 0. The third kappa shape index (κ3) is 3.12. The lowest BCUT2D eigenvalue weighted by atomic mass is 9.93. The number of nitrogens with one attached hydrogen (secondary N) is 2.